The van der Waals surface area contributed by atoms with Crippen LogP contribution in [0.2, 0.25) is 0 Å². The van der Waals surface area contributed by atoms with Gasteiger partial charge in [-0.15, -0.1) is 0 Å². The Morgan fingerprint density at radius 2 is 1.68 bits per heavy atom. The van der Waals surface area contributed by atoms with E-state index in [0.717, 1.165) is 25.9 Å². The summed E-state index contributed by atoms with van der Waals surface area (Å²) in [6, 6.07) is 15.5. The number of benzene rings is 2. The molecule has 0 unspecified atom stereocenters. The van der Waals surface area contributed by atoms with Gasteiger partial charge < -0.3 is 4.90 Å². The molecular formula is C20H24N2. The first kappa shape index (κ1) is 15.0. The van der Waals surface area contributed by atoms with E-state index in [-0.39, 0.29) is 0 Å². The van der Waals surface area contributed by atoms with E-state index in [9.17, 15) is 0 Å². The predicted octanol–water partition coefficient (Wildman–Crippen LogP) is 3.49. The van der Waals surface area contributed by atoms with E-state index in [4.69, 9.17) is 4.99 Å². The van der Waals surface area contributed by atoms with Gasteiger partial charge in [0.05, 0.1) is 12.3 Å². The third-order valence-corrected chi connectivity index (χ3v) is 4.27. The minimum absolute atomic E-state index is 0.837. The molecule has 0 aliphatic heterocycles. The van der Waals surface area contributed by atoms with Crippen molar-refractivity contribution in [1.29, 1.82) is 0 Å². The normalized spacial score (nSPS) is 15.5. The summed E-state index contributed by atoms with van der Waals surface area (Å²) in [5, 5.41) is 0. The third kappa shape index (κ3) is 3.12. The lowest BCUT2D eigenvalue weighted by atomic mass is 9.96. The van der Waals surface area contributed by atoms with Crippen LogP contribution in [-0.4, -0.2) is 37.8 Å². The van der Waals surface area contributed by atoms with Crippen molar-refractivity contribution in [2.45, 2.75) is 19.8 Å². The van der Waals surface area contributed by atoms with Crippen LogP contribution in [0, 0.1) is 6.92 Å². The lowest BCUT2D eigenvalue weighted by Crippen LogP contribution is -2.17. The average Bonchev–Trinajstić information content (AvgIpc) is 2.65. The molecule has 0 aromatic heterocycles. The van der Waals surface area contributed by atoms with Crippen molar-refractivity contribution in [1.82, 2.24) is 4.90 Å². The van der Waals surface area contributed by atoms with Crippen LogP contribution in [0.25, 0.3) is 0 Å². The van der Waals surface area contributed by atoms with Gasteiger partial charge in [0.1, 0.15) is 0 Å². The van der Waals surface area contributed by atoms with Gasteiger partial charge >= 0.3 is 0 Å². The quantitative estimate of drug-likeness (QED) is 0.845. The van der Waals surface area contributed by atoms with Crippen molar-refractivity contribution in [2.24, 2.45) is 4.99 Å². The molecule has 0 amide bonds. The van der Waals surface area contributed by atoms with Crippen molar-refractivity contribution in [3.63, 3.8) is 0 Å². The van der Waals surface area contributed by atoms with E-state index in [1.165, 1.54) is 33.5 Å². The first-order chi connectivity index (χ1) is 10.6. The highest BCUT2D eigenvalue weighted by Gasteiger charge is 2.19. The molecule has 0 N–H and O–H groups in total. The molecule has 0 fully saturated rings. The Balaban J connectivity index is 2.10. The largest absolute Gasteiger partial charge is 0.308 e. The molecular weight excluding hydrogens is 268 g/mol. The van der Waals surface area contributed by atoms with Crippen molar-refractivity contribution in [3.05, 3.63) is 70.3 Å². The second-order valence-electron chi connectivity index (χ2n) is 6.35. The van der Waals surface area contributed by atoms with Crippen LogP contribution in [0.4, 0.5) is 0 Å². The molecule has 1 aliphatic carbocycles. The van der Waals surface area contributed by atoms with Crippen LogP contribution in [0.3, 0.4) is 0 Å². The molecule has 2 heteroatoms. The highest BCUT2D eigenvalue weighted by molar-refractivity contribution is 6.15. The van der Waals surface area contributed by atoms with Gasteiger partial charge in [-0.25, -0.2) is 0 Å². The van der Waals surface area contributed by atoms with E-state index < -0.39 is 0 Å². The summed E-state index contributed by atoms with van der Waals surface area (Å²) in [5.41, 5.74) is 7.95. The van der Waals surface area contributed by atoms with Crippen molar-refractivity contribution < 1.29 is 0 Å². The Morgan fingerprint density at radius 1 is 0.955 bits per heavy atom. The zero-order valence-electron chi connectivity index (χ0n) is 13.8. The number of nitrogens with zero attached hydrogens (tertiary/aromatic N) is 2. The van der Waals surface area contributed by atoms with Crippen molar-refractivity contribution in [3.8, 4) is 0 Å². The zero-order chi connectivity index (χ0) is 15.5. The van der Waals surface area contributed by atoms with Crippen LogP contribution < -0.4 is 0 Å². The maximum atomic E-state index is 4.98. The standard InChI is InChI=1S/C20H24N2/c1-15-8-9-17-11-10-16-6-4-5-7-18(16)20(19(17)14-15)21-12-13-22(2)3/h4-9,14H,10-13H2,1-3H3. The number of fused-ring (bicyclic) bond motifs is 2. The summed E-state index contributed by atoms with van der Waals surface area (Å²) >= 11 is 0. The maximum Gasteiger partial charge on any atom is 0.0725 e. The molecule has 2 aromatic rings. The number of aliphatic imine (C=N–C) groups is 1. The van der Waals surface area contributed by atoms with Gasteiger partial charge in [0.15, 0.2) is 0 Å². The summed E-state index contributed by atoms with van der Waals surface area (Å²) in [6.45, 7) is 3.98. The number of hydrogen-bond donors (Lipinski definition) is 0. The Hall–Kier alpha value is -1.93. The minimum Gasteiger partial charge on any atom is -0.308 e. The lowest BCUT2D eigenvalue weighted by Gasteiger charge is -2.13. The molecule has 0 radical (unpaired) electrons. The molecule has 1 aliphatic rings. The van der Waals surface area contributed by atoms with Gasteiger partial charge in [0.2, 0.25) is 0 Å². The summed E-state index contributed by atoms with van der Waals surface area (Å²) in [7, 11) is 4.19. The van der Waals surface area contributed by atoms with Gasteiger partial charge in [-0.3, -0.25) is 4.99 Å². The smallest absolute Gasteiger partial charge is 0.0725 e. The second-order valence-corrected chi connectivity index (χ2v) is 6.35. The lowest BCUT2D eigenvalue weighted by molar-refractivity contribution is 0.420. The summed E-state index contributed by atoms with van der Waals surface area (Å²) < 4.78 is 0. The first-order valence-electron chi connectivity index (χ1n) is 8.02. The Labute approximate surface area is 133 Å². The topological polar surface area (TPSA) is 15.6 Å². The SMILES string of the molecule is Cc1ccc2c(c1)C(=NCCN(C)C)c1ccccc1CC2. The van der Waals surface area contributed by atoms with Crippen LogP contribution >= 0.6 is 0 Å². The van der Waals surface area contributed by atoms with E-state index in [2.05, 4.69) is 68.4 Å². The molecule has 0 spiro atoms. The molecule has 114 valence electrons. The van der Waals surface area contributed by atoms with Crippen LogP contribution in [0.1, 0.15) is 27.8 Å². The Morgan fingerprint density at radius 3 is 2.45 bits per heavy atom. The fourth-order valence-corrected chi connectivity index (χ4v) is 3.04. The van der Waals surface area contributed by atoms with Gasteiger partial charge in [-0.2, -0.15) is 0 Å². The van der Waals surface area contributed by atoms with E-state index in [1.54, 1.807) is 0 Å². The van der Waals surface area contributed by atoms with E-state index in [0.29, 0.717) is 0 Å². The minimum atomic E-state index is 0.837. The van der Waals surface area contributed by atoms with Gasteiger partial charge in [0, 0.05) is 17.7 Å². The molecule has 0 atom stereocenters. The highest BCUT2D eigenvalue weighted by atomic mass is 15.1. The van der Waals surface area contributed by atoms with Crippen LogP contribution in [0.5, 0.6) is 0 Å². The Kier molecular flexibility index (Phi) is 4.39. The molecule has 2 aromatic carbocycles. The average molecular weight is 292 g/mol. The predicted molar refractivity (Wildman–Crippen MR) is 94.1 cm³/mol. The fraction of sp³-hybridized carbons (Fsp3) is 0.350. The molecule has 0 bridgehead atoms. The molecule has 2 nitrogen and oxygen atoms in total. The van der Waals surface area contributed by atoms with Gasteiger partial charge in [-0.05, 0) is 51.1 Å². The van der Waals surface area contributed by atoms with Crippen LogP contribution in [0.15, 0.2) is 47.5 Å². The summed E-state index contributed by atoms with van der Waals surface area (Å²) in [4.78, 5) is 7.17. The fourth-order valence-electron chi connectivity index (χ4n) is 3.04. The number of likely N-dealkylation sites (N-methyl/N-ethyl adjacent to an activating group) is 1. The maximum absolute atomic E-state index is 4.98. The molecule has 0 saturated heterocycles. The van der Waals surface area contributed by atoms with Crippen molar-refractivity contribution >= 4 is 5.71 Å². The third-order valence-electron chi connectivity index (χ3n) is 4.27. The molecule has 0 saturated carbocycles. The molecule has 0 heterocycles. The zero-order valence-corrected chi connectivity index (χ0v) is 13.8. The summed E-state index contributed by atoms with van der Waals surface area (Å²) in [5.74, 6) is 0. The van der Waals surface area contributed by atoms with Gasteiger partial charge in [-0.1, -0.05) is 42.0 Å². The summed E-state index contributed by atoms with van der Waals surface area (Å²) in [6.07, 6.45) is 2.19. The highest BCUT2D eigenvalue weighted by Crippen LogP contribution is 2.26. The Bertz CT molecular complexity index is 699. The number of rotatable bonds is 3. The van der Waals surface area contributed by atoms with E-state index >= 15 is 0 Å². The van der Waals surface area contributed by atoms with Gasteiger partial charge in [0.25, 0.3) is 0 Å². The van der Waals surface area contributed by atoms with E-state index in [1.807, 2.05) is 0 Å². The molecule has 22 heavy (non-hydrogen) atoms. The van der Waals surface area contributed by atoms with Crippen molar-refractivity contribution in [2.75, 3.05) is 27.2 Å². The monoisotopic (exact) mass is 292 g/mol. The molecule has 3 rings (SSSR count). The van der Waals surface area contributed by atoms with Crippen LogP contribution in [-0.2, 0) is 12.8 Å². The second kappa shape index (κ2) is 6.45. The first-order valence-corrected chi connectivity index (χ1v) is 8.02. The number of aryl methyl sites for hydroxylation is 3. The number of hydrogen-bond acceptors (Lipinski definition) is 2.